The highest BCUT2D eigenvalue weighted by Gasteiger charge is 2.07. The number of halogens is 1. The third-order valence-corrected chi connectivity index (χ3v) is 5.52. The number of aryl methyl sites for hydroxylation is 1. The molecule has 2 aromatic carbocycles. The molecule has 0 aliphatic rings. The molecule has 0 spiro atoms. The number of ether oxygens (including phenoxy) is 3. The van der Waals surface area contributed by atoms with E-state index in [1.54, 1.807) is 21.3 Å². The monoisotopic (exact) mass is 469 g/mol. The minimum absolute atomic E-state index is 0.775. The molecule has 2 rings (SSSR count). The molecule has 0 heterocycles. The molecule has 4 nitrogen and oxygen atoms in total. The van der Waals surface area contributed by atoms with Crippen molar-refractivity contribution in [3.8, 4) is 17.2 Å². The first-order chi connectivity index (χ1) is 12.6. The fraction of sp³-hybridized carbons (Fsp3) is 0.429. The molecule has 0 aliphatic heterocycles. The fourth-order valence-electron chi connectivity index (χ4n) is 2.88. The molecule has 0 bridgehead atoms. The van der Waals surface area contributed by atoms with Crippen molar-refractivity contribution in [3.63, 3.8) is 0 Å². The van der Waals surface area contributed by atoms with E-state index in [2.05, 4.69) is 58.8 Å². The summed E-state index contributed by atoms with van der Waals surface area (Å²) in [5, 5.41) is 0. The molecule has 0 aliphatic carbocycles. The van der Waals surface area contributed by atoms with Crippen LogP contribution in [-0.2, 0) is 12.8 Å². The second-order valence-electron chi connectivity index (χ2n) is 6.30. The molecule has 0 atom stereocenters. The zero-order valence-corrected chi connectivity index (χ0v) is 18.2. The highest BCUT2D eigenvalue weighted by Crippen LogP contribution is 2.27. The molecular formula is C21H28INO3. The zero-order chi connectivity index (χ0) is 18.9. The molecule has 0 saturated carbocycles. The Kier molecular flexibility index (Phi) is 8.51. The lowest BCUT2D eigenvalue weighted by Crippen LogP contribution is -2.23. The molecule has 2 aromatic rings. The van der Waals surface area contributed by atoms with Crippen LogP contribution in [0.15, 0.2) is 36.4 Å². The molecule has 0 fully saturated rings. The van der Waals surface area contributed by atoms with Gasteiger partial charge in [-0.25, -0.2) is 0 Å². The van der Waals surface area contributed by atoms with Crippen molar-refractivity contribution in [2.24, 2.45) is 0 Å². The number of likely N-dealkylation sites (N-methyl/N-ethyl adjacent to an activating group) is 1. The van der Waals surface area contributed by atoms with Crippen molar-refractivity contribution >= 4 is 22.6 Å². The van der Waals surface area contributed by atoms with E-state index in [9.17, 15) is 0 Å². The Hall–Kier alpha value is -1.47. The Morgan fingerprint density at radius 3 is 2.31 bits per heavy atom. The van der Waals surface area contributed by atoms with Gasteiger partial charge in [0.15, 0.2) is 11.5 Å². The van der Waals surface area contributed by atoms with Crippen molar-refractivity contribution in [2.75, 3.05) is 41.5 Å². The Balaban J connectivity index is 1.80. The Morgan fingerprint density at radius 1 is 0.846 bits per heavy atom. The zero-order valence-electron chi connectivity index (χ0n) is 16.0. The smallest absolute Gasteiger partial charge is 0.160 e. The summed E-state index contributed by atoms with van der Waals surface area (Å²) in [7, 11) is 7.23. The summed E-state index contributed by atoms with van der Waals surface area (Å²) in [5.74, 6) is 2.50. The highest BCUT2D eigenvalue weighted by molar-refractivity contribution is 14.1. The number of benzene rings is 2. The van der Waals surface area contributed by atoms with E-state index in [1.807, 2.05) is 12.1 Å². The summed E-state index contributed by atoms with van der Waals surface area (Å²) >= 11 is 2.40. The average Bonchev–Trinajstić information content (AvgIpc) is 2.67. The maximum Gasteiger partial charge on any atom is 0.160 e. The quantitative estimate of drug-likeness (QED) is 0.482. The van der Waals surface area contributed by atoms with Crippen LogP contribution in [0.2, 0.25) is 0 Å². The van der Waals surface area contributed by atoms with Crippen molar-refractivity contribution < 1.29 is 14.2 Å². The van der Waals surface area contributed by atoms with Gasteiger partial charge in [0.25, 0.3) is 0 Å². The van der Waals surface area contributed by atoms with Crippen LogP contribution < -0.4 is 14.2 Å². The van der Waals surface area contributed by atoms with Gasteiger partial charge in [-0.2, -0.15) is 0 Å². The average molecular weight is 469 g/mol. The van der Waals surface area contributed by atoms with Crippen LogP contribution in [-0.4, -0.2) is 46.4 Å². The van der Waals surface area contributed by atoms with Gasteiger partial charge >= 0.3 is 0 Å². The Bertz CT molecular complexity index is 706. The van der Waals surface area contributed by atoms with Gasteiger partial charge in [0.2, 0.25) is 0 Å². The van der Waals surface area contributed by atoms with Gasteiger partial charge in [-0.15, -0.1) is 0 Å². The standard InChI is InChI=1S/C21H28INO3/c1-23(12-5-6-17-15-18(24-2)8-9-19(17)22)13-11-16-7-10-20(25-3)21(14-16)26-4/h7-10,14-15H,5-6,11-13H2,1-4H3. The third-order valence-electron chi connectivity index (χ3n) is 4.47. The van der Waals surface area contributed by atoms with Crippen LogP contribution in [0.3, 0.4) is 0 Å². The summed E-state index contributed by atoms with van der Waals surface area (Å²) in [5.41, 5.74) is 2.62. The van der Waals surface area contributed by atoms with Crippen LogP contribution in [0.5, 0.6) is 17.2 Å². The molecule has 0 amide bonds. The first kappa shape index (κ1) is 20.8. The third kappa shape index (κ3) is 6.06. The predicted molar refractivity (Wildman–Crippen MR) is 115 cm³/mol. The molecule has 0 saturated heterocycles. The summed E-state index contributed by atoms with van der Waals surface area (Å²) in [6, 6.07) is 12.4. The minimum atomic E-state index is 0.775. The van der Waals surface area contributed by atoms with Crippen LogP contribution >= 0.6 is 22.6 Å². The molecule has 0 N–H and O–H groups in total. The molecule has 0 aromatic heterocycles. The molecular weight excluding hydrogens is 441 g/mol. The Labute approximate surface area is 170 Å². The predicted octanol–water partition coefficient (Wildman–Crippen LogP) is 4.42. The summed E-state index contributed by atoms with van der Waals surface area (Å²) in [4.78, 5) is 2.38. The first-order valence-corrected chi connectivity index (χ1v) is 9.87. The molecule has 0 radical (unpaired) electrons. The normalized spacial score (nSPS) is 10.8. The van der Waals surface area contributed by atoms with E-state index in [0.29, 0.717) is 0 Å². The van der Waals surface area contributed by atoms with Crippen molar-refractivity contribution in [1.82, 2.24) is 4.90 Å². The highest BCUT2D eigenvalue weighted by atomic mass is 127. The van der Waals surface area contributed by atoms with Gasteiger partial charge in [-0.3, -0.25) is 0 Å². The SMILES string of the molecule is COc1ccc(I)c(CCCN(C)CCc2ccc(OC)c(OC)c2)c1. The van der Waals surface area contributed by atoms with Gasteiger partial charge in [0.05, 0.1) is 21.3 Å². The lowest BCUT2D eigenvalue weighted by atomic mass is 10.1. The van der Waals surface area contributed by atoms with Crippen LogP contribution in [0, 0.1) is 3.57 Å². The topological polar surface area (TPSA) is 30.9 Å². The molecule has 5 heteroatoms. The lowest BCUT2D eigenvalue weighted by molar-refractivity contribution is 0.332. The van der Waals surface area contributed by atoms with Gasteiger partial charge in [0.1, 0.15) is 5.75 Å². The van der Waals surface area contributed by atoms with Gasteiger partial charge in [-0.1, -0.05) is 6.07 Å². The van der Waals surface area contributed by atoms with Crippen molar-refractivity contribution in [3.05, 3.63) is 51.1 Å². The number of rotatable bonds is 10. The summed E-state index contributed by atoms with van der Waals surface area (Å²) in [6.45, 7) is 2.09. The maximum absolute atomic E-state index is 5.38. The van der Waals surface area contributed by atoms with Gasteiger partial charge < -0.3 is 19.1 Å². The number of hydrogen-bond acceptors (Lipinski definition) is 4. The van der Waals surface area contributed by atoms with Crippen LogP contribution in [0.4, 0.5) is 0 Å². The van der Waals surface area contributed by atoms with E-state index >= 15 is 0 Å². The van der Waals surface area contributed by atoms with E-state index in [0.717, 1.165) is 49.6 Å². The summed E-state index contributed by atoms with van der Waals surface area (Å²) < 4.78 is 17.3. The van der Waals surface area contributed by atoms with E-state index < -0.39 is 0 Å². The second kappa shape index (κ2) is 10.6. The van der Waals surface area contributed by atoms with Gasteiger partial charge in [-0.05, 0) is 96.9 Å². The summed E-state index contributed by atoms with van der Waals surface area (Å²) in [6.07, 6.45) is 3.19. The van der Waals surface area contributed by atoms with Crippen LogP contribution in [0.25, 0.3) is 0 Å². The first-order valence-electron chi connectivity index (χ1n) is 8.79. The largest absolute Gasteiger partial charge is 0.497 e. The Morgan fingerprint density at radius 2 is 1.62 bits per heavy atom. The fourth-order valence-corrected chi connectivity index (χ4v) is 3.48. The van der Waals surface area contributed by atoms with Gasteiger partial charge in [0, 0.05) is 10.1 Å². The minimum Gasteiger partial charge on any atom is -0.497 e. The molecule has 0 unspecified atom stereocenters. The molecule has 142 valence electrons. The van der Waals surface area contributed by atoms with Crippen molar-refractivity contribution in [2.45, 2.75) is 19.3 Å². The van der Waals surface area contributed by atoms with Crippen LogP contribution in [0.1, 0.15) is 17.5 Å². The number of methoxy groups -OCH3 is 3. The number of nitrogens with zero attached hydrogens (tertiary/aromatic N) is 1. The maximum atomic E-state index is 5.38. The second-order valence-corrected chi connectivity index (χ2v) is 7.47. The van der Waals surface area contributed by atoms with E-state index in [4.69, 9.17) is 14.2 Å². The van der Waals surface area contributed by atoms with E-state index in [1.165, 1.54) is 14.7 Å². The van der Waals surface area contributed by atoms with E-state index in [-0.39, 0.29) is 0 Å². The lowest BCUT2D eigenvalue weighted by Gasteiger charge is -2.17. The molecule has 26 heavy (non-hydrogen) atoms. The van der Waals surface area contributed by atoms with Crippen molar-refractivity contribution in [1.29, 1.82) is 0 Å². The number of hydrogen-bond donors (Lipinski definition) is 0.